The van der Waals surface area contributed by atoms with E-state index in [1.807, 2.05) is 0 Å². The van der Waals surface area contributed by atoms with Crippen LogP contribution in [0.5, 0.6) is 5.75 Å². The highest BCUT2D eigenvalue weighted by molar-refractivity contribution is 7.89. The van der Waals surface area contributed by atoms with Crippen LogP contribution in [-0.2, 0) is 15.6 Å². The van der Waals surface area contributed by atoms with E-state index in [2.05, 4.69) is 20.3 Å². The van der Waals surface area contributed by atoms with E-state index < -0.39 is 16.9 Å². The summed E-state index contributed by atoms with van der Waals surface area (Å²) in [4.78, 5) is 12.5. The smallest absolute Gasteiger partial charge is 0.230 e. The average molecular weight is 373 g/mol. The molecule has 0 fully saturated rings. The van der Waals surface area contributed by atoms with Gasteiger partial charge in [0.05, 0.1) is 22.5 Å². The number of nitrogens with one attached hydrogen (secondary N) is 1. The van der Waals surface area contributed by atoms with Crippen molar-refractivity contribution in [1.29, 1.82) is 0 Å². The molecular formula is C18H18N4O3S. The van der Waals surface area contributed by atoms with E-state index in [0.29, 0.717) is 16.8 Å². The van der Waals surface area contributed by atoms with E-state index in [9.17, 15) is 8.42 Å². The molecule has 0 aliphatic rings. The van der Waals surface area contributed by atoms with Gasteiger partial charge >= 0.3 is 0 Å². The first-order valence-electron chi connectivity index (χ1n) is 9.10. The summed E-state index contributed by atoms with van der Waals surface area (Å²) in [6.45, 7) is 0. The number of ether oxygens (including phenoxy) is 1. The third kappa shape index (κ3) is 4.54. The van der Waals surface area contributed by atoms with Gasteiger partial charge in [0.15, 0.2) is 15.7 Å². The summed E-state index contributed by atoms with van der Waals surface area (Å²) >= 11 is 0. The Labute approximate surface area is 156 Å². The van der Waals surface area contributed by atoms with Crippen LogP contribution in [0.15, 0.2) is 54.9 Å². The van der Waals surface area contributed by atoms with Crippen molar-refractivity contribution < 1.29 is 17.3 Å². The van der Waals surface area contributed by atoms with E-state index in [4.69, 9.17) is 8.85 Å². The fourth-order valence-corrected chi connectivity index (χ4v) is 3.18. The Balaban J connectivity index is 1.87. The molecule has 0 aliphatic heterocycles. The molecule has 1 N–H and O–H groups in total. The van der Waals surface area contributed by atoms with Gasteiger partial charge < -0.3 is 10.1 Å². The van der Waals surface area contributed by atoms with Crippen molar-refractivity contribution in [3.8, 4) is 17.1 Å². The van der Waals surface area contributed by atoms with Crippen molar-refractivity contribution in [2.75, 3.05) is 18.6 Å². The van der Waals surface area contributed by atoms with Crippen LogP contribution in [-0.4, -0.2) is 36.7 Å². The van der Waals surface area contributed by atoms with Crippen molar-refractivity contribution in [2.24, 2.45) is 0 Å². The fourth-order valence-electron chi connectivity index (χ4n) is 2.40. The number of anilines is 2. The van der Waals surface area contributed by atoms with Crippen molar-refractivity contribution in [3.63, 3.8) is 0 Å². The number of benzene rings is 2. The molecule has 0 bridgehead atoms. The monoisotopic (exact) mass is 373 g/mol. The van der Waals surface area contributed by atoms with Crippen molar-refractivity contribution in [3.05, 3.63) is 60.4 Å². The molecule has 7 nitrogen and oxygen atoms in total. The Morgan fingerprint density at radius 1 is 1.15 bits per heavy atom. The summed E-state index contributed by atoms with van der Waals surface area (Å²) in [5, 5.41) is 3.00. The van der Waals surface area contributed by atoms with E-state index in [1.54, 1.807) is 42.5 Å². The average Bonchev–Trinajstić information content (AvgIpc) is 2.60. The number of hydrogen-bond acceptors (Lipinski definition) is 7. The van der Waals surface area contributed by atoms with Crippen molar-refractivity contribution in [1.82, 2.24) is 15.0 Å². The van der Waals surface area contributed by atoms with Gasteiger partial charge in [0, 0.05) is 11.9 Å². The second-order valence-corrected chi connectivity index (χ2v) is 7.77. The minimum atomic E-state index is -3.16. The second kappa shape index (κ2) is 7.49. The van der Waals surface area contributed by atoms with Crippen LogP contribution >= 0.6 is 0 Å². The topological polar surface area (TPSA) is 94.1 Å². The van der Waals surface area contributed by atoms with Gasteiger partial charge in [-0.15, -0.1) is 0 Å². The van der Waals surface area contributed by atoms with E-state index >= 15 is 0 Å². The molecule has 1 heterocycles. The number of nitrogens with zero attached hydrogens (tertiary/aromatic N) is 3. The molecule has 0 unspecified atom stereocenters. The van der Waals surface area contributed by atoms with Crippen LogP contribution in [0, 0.1) is 0 Å². The number of hydrogen-bond donors (Lipinski definition) is 1. The van der Waals surface area contributed by atoms with Gasteiger partial charge in [0.25, 0.3) is 0 Å². The third-order valence-electron chi connectivity index (χ3n) is 3.42. The lowest BCUT2D eigenvalue weighted by atomic mass is 10.2. The summed E-state index contributed by atoms with van der Waals surface area (Å²) in [5.74, 6) is 0.495. The Hall–Kier alpha value is -3.00. The van der Waals surface area contributed by atoms with Gasteiger partial charge in [0.1, 0.15) is 12.1 Å². The van der Waals surface area contributed by atoms with Gasteiger partial charge in [-0.05, 0) is 29.8 Å². The number of aromatic nitrogens is 3. The maximum atomic E-state index is 11.5. The number of sulfone groups is 1. The van der Waals surface area contributed by atoms with E-state index in [1.165, 1.54) is 18.6 Å². The highest BCUT2D eigenvalue weighted by Crippen LogP contribution is 2.27. The largest absolute Gasteiger partial charge is 0.496 e. The molecule has 3 rings (SSSR count). The van der Waals surface area contributed by atoms with Gasteiger partial charge in [-0.25, -0.2) is 18.4 Å². The molecule has 0 saturated carbocycles. The van der Waals surface area contributed by atoms with Crippen LogP contribution in [0.2, 0.25) is 0 Å². The van der Waals surface area contributed by atoms with E-state index in [0.717, 1.165) is 0 Å². The summed E-state index contributed by atoms with van der Waals surface area (Å²) < 4.78 is 49.9. The normalized spacial score (nSPS) is 13.3. The van der Waals surface area contributed by atoms with Crippen molar-refractivity contribution in [2.45, 2.75) is 5.75 Å². The quantitative estimate of drug-likeness (QED) is 0.710. The third-order valence-corrected chi connectivity index (χ3v) is 4.28. The highest BCUT2D eigenvalue weighted by atomic mass is 32.2. The summed E-state index contributed by atoms with van der Waals surface area (Å²) in [6.07, 6.45) is 2.46. The molecule has 2 aromatic carbocycles. The van der Waals surface area contributed by atoms with Crippen LogP contribution < -0.4 is 10.1 Å². The predicted molar refractivity (Wildman–Crippen MR) is 100 cm³/mol. The van der Waals surface area contributed by atoms with Crippen LogP contribution in [0.3, 0.4) is 0 Å². The minimum absolute atomic E-state index is 0.0786. The van der Waals surface area contributed by atoms with Crippen molar-refractivity contribution >= 4 is 21.5 Å². The SMILES string of the molecule is [2H]C([2H])([2H])Oc1ccccc1-c1ncnc(Nc2cccc(CS(C)(=O)=O)c2)n1. The summed E-state index contributed by atoms with van der Waals surface area (Å²) in [7, 11) is -5.77. The van der Waals surface area contributed by atoms with Crippen LogP contribution in [0.4, 0.5) is 11.6 Å². The first-order chi connectivity index (χ1) is 13.6. The number of para-hydroxylation sites is 1. The van der Waals surface area contributed by atoms with Gasteiger partial charge in [-0.3, -0.25) is 0 Å². The lowest BCUT2D eigenvalue weighted by molar-refractivity contribution is 0.416. The fraction of sp³-hybridized carbons (Fsp3) is 0.167. The second-order valence-electron chi connectivity index (χ2n) is 5.63. The molecule has 0 atom stereocenters. The molecule has 0 saturated heterocycles. The minimum Gasteiger partial charge on any atom is -0.496 e. The maximum Gasteiger partial charge on any atom is 0.230 e. The molecule has 0 radical (unpaired) electrons. The predicted octanol–water partition coefficient (Wildman–Crippen LogP) is 2.84. The lowest BCUT2D eigenvalue weighted by Gasteiger charge is -2.09. The summed E-state index contributed by atoms with van der Waals surface area (Å²) in [6, 6.07) is 13.4. The molecular weight excluding hydrogens is 352 g/mol. The summed E-state index contributed by atoms with van der Waals surface area (Å²) in [5.41, 5.74) is 1.64. The molecule has 134 valence electrons. The molecule has 8 heteroatoms. The van der Waals surface area contributed by atoms with E-state index in [-0.39, 0.29) is 23.3 Å². The van der Waals surface area contributed by atoms with Gasteiger partial charge in [-0.1, -0.05) is 24.3 Å². The first kappa shape index (κ1) is 14.2. The molecule has 0 amide bonds. The lowest BCUT2D eigenvalue weighted by Crippen LogP contribution is -2.03. The molecule has 26 heavy (non-hydrogen) atoms. The molecule has 0 spiro atoms. The Kier molecular flexibility index (Phi) is 4.09. The van der Waals surface area contributed by atoms with Crippen LogP contribution in [0.1, 0.15) is 9.68 Å². The molecule has 1 aromatic heterocycles. The zero-order chi connectivity index (χ0) is 21.1. The number of methoxy groups -OCH3 is 1. The van der Waals surface area contributed by atoms with Gasteiger partial charge in [0.2, 0.25) is 5.95 Å². The maximum absolute atomic E-state index is 11.5. The Morgan fingerprint density at radius 3 is 2.81 bits per heavy atom. The van der Waals surface area contributed by atoms with Gasteiger partial charge in [-0.2, -0.15) is 4.98 Å². The Bertz CT molecular complexity index is 1120. The van der Waals surface area contributed by atoms with Crippen LogP contribution in [0.25, 0.3) is 11.4 Å². The Morgan fingerprint density at radius 2 is 2.00 bits per heavy atom. The molecule has 0 aliphatic carbocycles. The number of rotatable bonds is 6. The highest BCUT2D eigenvalue weighted by Gasteiger charge is 2.10. The standard InChI is InChI=1S/C18H18N4O3S/c1-25-16-9-4-3-8-15(16)17-19-12-20-18(22-17)21-14-7-5-6-13(10-14)11-26(2,23)24/h3-10,12H,11H2,1-2H3,(H,19,20,21,22)/i1D3. The first-order valence-corrected chi connectivity index (χ1v) is 9.66. The molecule has 3 aromatic rings. The zero-order valence-corrected chi connectivity index (χ0v) is 14.7. The zero-order valence-electron chi connectivity index (χ0n) is 16.9.